The summed E-state index contributed by atoms with van der Waals surface area (Å²) < 4.78 is 36.5. The highest BCUT2D eigenvalue weighted by atomic mass is 19.4. The normalized spacial score (nSPS) is 21.9. The minimum Gasteiger partial charge on any atom is -0.394 e. The van der Waals surface area contributed by atoms with Crippen LogP contribution in [-0.4, -0.2) is 29.5 Å². The molecule has 1 aliphatic rings. The van der Waals surface area contributed by atoms with Gasteiger partial charge in [0.2, 0.25) is 0 Å². The van der Waals surface area contributed by atoms with Gasteiger partial charge in [0.05, 0.1) is 6.61 Å². The Balaban J connectivity index is 2.39. The second-order valence-electron chi connectivity index (χ2n) is 6.02. The summed E-state index contributed by atoms with van der Waals surface area (Å²) in [7, 11) is 0. The number of hydrogen-bond acceptors (Lipinski definition) is 2. The SMILES string of the molecule is CC(CO)(CCCC(F)(F)F)NC1CCCCCC1. The molecule has 0 aromatic rings. The van der Waals surface area contributed by atoms with Gasteiger partial charge in [0, 0.05) is 18.0 Å². The molecule has 5 heteroatoms. The average Bonchev–Trinajstić information content (AvgIpc) is 2.56. The van der Waals surface area contributed by atoms with Crippen molar-refractivity contribution in [1.82, 2.24) is 5.32 Å². The highest BCUT2D eigenvalue weighted by Gasteiger charge is 2.31. The summed E-state index contributed by atoms with van der Waals surface area (Å²) in [6, 6.07) is 0.338. The van der Waals surface area contributed by atoms with Gasteiger partial charge in [-0.25, -0.2) is 0 Å². The third-order valence-corrected chi connectivity index (χ3v) is 3.95. The van der Waals surface area contributed by atoms with Crippen LogP contribution in [0, 0.1) is 0 Å². The van der Waals surface area contributed by atoms with Gasteiger partial charge >= 0.3 is 6.18 Å². The predicted molar refractivity (Wildman–Crippen MR) is 70.0 cm³/mol. The zero-order valence-electron chi connectivity index (χ0n) is 11.7. The average molecular weight is 281 g/mol. The topological polar surface area (TPSA) is 32.3 Å². The van der Waals surface area contributed by atoms with Crippen LogP contribution in [-0.2, 0) is 0 Å². The zero-order valence-corrected chi connectivity index (χ0v) is 11.7. The van der Waals surface area contributed by atoms with Crippen molar-refractivity contribution in [3.05, 3.63) is 0 Å². The number of halogens is 3. The van der Waals surface area contributed by atoms with Crippen LogP contribution in [0.1, 0.15) is 64.7 Å². The van der Waals surface area contributed by atoms with Gasteiger partial charge in [0.25, 0.3) is 0 Å². The minimum absolute atomic E-state index is 0.0697. The molecular formula is C14H26F3NO. The molecule has 2 nitrogen and oxygen atoms in total. The Kier molecular flexibility index (Phi) is 6.60. The summed E-state index contributed by atoms with van der Waals surface area (Å²) in [5.41, 5.74) is -0.583. The third-order valence-electron chi connectivity index (χ3n) is 3.95. The number of aliphatic hydroxyl groups is 1. The summed E-state index contributed by atoms with van der Waals surface area (Å²) in [6.07, 6.45) is 2.50. The van der Waals surface area contributed by atoms with E-state index in [-0.39, 0.29) is 13.0 Å². The lowest BCUT2D eigenvalue weighted by Gasteiger charge is -2.33. The largest absolute Gasteiger partial charge is 0.394 e. The third kappa shape index (κ3) is 7.16. The van der Waals surface area contributed by atoms with Crippen LogP contribution in [0.3, 0.4) is 0 Å². The van der Waals surface area contributed by atoms with Crippen molar-refractivity contribution in [2.75, 3.05) is 6.61 Å². The van der Waals surface area contributed by atoms with Crippen LogP contribution in [0.2, 0.25) is 0 Å². The van der Waals surface area contributed by atoms with Crippen LogP contribution < -0.4 is 5.32 Å². The van der Waals surface area contributed by atoms with Crippen molar-refractivity contribution >= 4 is 0 Å². The van der Waals surface area contributed by atoms with Crippen molar-refractivity contribution in [1.29, 1.82) is 0 Å². The molecule has 1 saturated carbocycles. The molecule has 0 bridgehead atoms. The van der Waals surface area contributed by atoms with Gasteiger partial charge in [-0.3, -0.25) is 0 Å². The smallest absolute Gasteiger partial charge is 0.389 e. The number of aliphatic hydroxyl groups excluding tert-OH is 1. The molecular weight excluding hydrogens is 255 g/mol. The van der Waals surface area contributed by atoms with Gasteiger partial charge in [-0.2, -0.15) is 13.2 Å². The van der Waals surface area contributed by atoms with E-state index in [0.29, 0.717) is 12.5 Å². The van der Waals surface area contributed by atoms with Crippen molar-refractivity contribution in [2.24, 2.45) is 0 Å². The molecule has 2 N–H and O–H groups in total. The van der Waals surface area contributed by atoms with Crippen LogP contribution >= 0.6 is 0 Å². The molecule has 0 aliphatic heterocycles. The van der Waals surface area contributed by atoms with Crippen LogP contribution in [0.4, 0.5) is 13.2 Å². The fourth-order valence-corrected chi connectivity index (χ4v) is 2.79. The summed E-state index contributed by atoms with van der Waals surface area (Å²) >= 11 is 0. The second-order valence-corrected chi connectivity index (χ2v) is 6.02. The summed E-state index contributed by atoms with van der Waals surface area (Å²) in [6.45, 7) is 1.72. The molecule has 0 aromatic heterocycles. The number of hydrogen-bond donors (Lipinski definition) is 2. The van der Waals surface area contributed by atoms with Gasteiger partial charge in [-0.05, 0) is 32.6 Å². The van der Waals surface area contributed by atoms with Crippen LogP contribution in [0.5, 0.6) is 0 Å². The molecule has 1 rings (SSSR count). The summed E-state index contributed by atoms with van der Waals surface area (Å²) in [4.78, 5) is 0. The highest BCUT2D eigenvalue weighted by molar-refractivity contribution is 4.87. The fourth-order valence-electron chi connectivity index (χ4n) is 2.79. The molecule has 0 saturated heterocycles. The van der Waals surface area contributed by atoms with Gasteiger partial charge in [0.15, 0.2) is 0 Å². The first-order valence-corrected chi connectivity index (χ1v) is 7.30. The lowest BCUT2D eigenvalue weighted by molar-refractivity contribution is -0.136. The standard InChI is InChI=1S/C14H26F3NO/c1-13(11-19,9-6-10-14(15,16)17)18-12-7-4-2-3-5-8-12/h12,18-19H,2-11H2,1H3. The Labute approximate surface area is 113 Å². The van der Waals surface area contributed by atoms with E-state index in [0.717, 1.165) is 12.8 Å². The Bertz CT molecular complexity index is 250. The molecule has 0 spiro atoms. The molecule has 0 aromatic carbocycles. The quantitative estimate of drug-likeness (QED) is 0.726. The van der Waals surface area contributed by atoms with Crippen molar-refractivity contribution < 1.29 is 18.3 Å². The minimum atomic E-state index is -4.10. The number of rotatable bonds is 6. The van der Waals surface area contributed by atoms with E-state index in [2.05, 4.69) is 5.32 Å². The zero-order chi connectivity index (χ0) is 14.4. The Morgan fingerprint density at radius 1 is 1.05 bits per heavy atom. The molecule has 0 amide bonds. The van der Waals surface area contributed by atoms with E-state index in [1.54, 1.807) is 0 Å². The summed E-state index contributed by atoms with van der Waals surface area (Å²) in [5.74, 6) is 0. The summed E-state index contributed by atoms with van der Waals surface area (Å²) in [5, 5.41) is 12.9. The molecule has 0 heterocycles. The molecule has 1 atom stereocenters. The molecule has 19 heavy (non-hydrogen) atoms. The fraction of sp³-hybridized carbons (Fsp3) is 1.00. The Morgan fingerprint density at radius 3 is 2.11 bits per heavy atom. The Morgan fingerprint density at radius 2 is 1.63 bits per heavy atom. The van der Waals surface area contributed by atoms with E-state index < -0.39 is 18.1 Å². The van der Waals surface area contributed by atoms with Gasteiger partial charge in [-0.1, -0.05) is 25.7 Å². The van der Waals surface area contributed by atoms with Crippen molar-refractivity contribution in [3.63, 3.8) is 0 Å². The monoisotopic (exact) mass is 281 g/mol. The first kappa shape index (κ1) is 16.8. The van der Waals surface area contributed by atoms with Crippen LogP contribution in [0.25, 0.3) is 0 Å². The second kappa shape index (κ2) is 7.48. The first-order chi connectivity index (χ1) is 8.85. The van der Waals surface area contributed by atoms with E-state index in [1.165, 1.54) is 25.7 Å². The van der Waals surface area contributed by atoms with E-state index in [9.17, 15) is 18.3 Å². The molecule has 1 fully saturated rings. The lowest BCUT2D eigenvalue weighted by atomic mass is 9.93. The predicted octanol–water partition coefficient (Wildman–Crippen LogP) is 3.78. The van der Waals surface area contributed by atoms with Gasteiger partial charge in [0.1, 0.15) is 0 Å². The van der Waals surface area contributed by atoms with E-state index in [4.69, 9.17) is 0 Å². The maximum atomic E-state index is 12.2. The van der Waals surface area contributed by atoms with Crippen molar-refractivity contribution in [2.45, 2.75) is 82.5 Å². The van der Waals surface area contributed by atoms with Gasteiger partial charge < -0.3 is 10.4 Å². The van der Waals surface area contributed by atoms with E-state index in [1.807, 2.05) is 6.92 Å². The maximum absolute atomic E-state index is 12.2. The molecule has 1 unspecified atom stereocenters. The lowest BCUT2D eigenvalue weighted by Crippen LogP contribution is -2.50. The first-order valence-electron chi connectivity index (χ1n) is 7.30. The Hall–Kier alpha value is -0.290. The number of alkyl halides is 3. The van der Waals surface area contributed by atoms with E-state index >= 15 is 0 Å². The van der Waals surface area contributed by atoms with Crippen LogP contribution in [0.15, 0.2) is 0 Å². The van der Waals surface area contributed by atoms with Crippen molar-refractivity contribution in [3.8, 4) is 0 Å². The molecule has 1 aliphatic carbocycles. The van der Waals surface area contributed by atoms with Gasteiger partial charge in [-0.15, -0.1) is 0 Å². The number of nitrogens with one attached hydrogen (secondary N) is 1. The molecule has 114 valence electrons. The maximum Gasteiger partial charge on any atom is 0.389 e. The highest BCUT2D eigenvalue weighted by Crippen LogP contribution is 2.26. The molecule has 0 radical (unpaired) electrons.